The molecule has 102 valence electrons. The molecule has 1 aromatic heterocycles. The van der Waals surface area contributed by atoms with E-state index < -0.39 is 0 Å². The maximum absolute atomic E-state index is 6.14. The normalized spacial score (nSPS) is 14.4. The summed E-state index contributed by atoms with van der Waals surface area (Å²) in [6.07, 6.45) is 6.88. The van der Waals surface area contributed by atoms with Gasteiger partial charge in [-0.05, 0) is 44.4 Å². The lowest BCUT2D eigenvalue weighted by atomic mass is 10.0. The SMILES string of the molecule is CCNC(CCC(C)OC)Cc1ccncc1Cl. The van der Waals surface area contributed by atoms with E-state index in [9.17, 15) is 0 Å². The molecule has 1 heterocycles. The van der Waals surface area contributed by atoms with Gasteiger partial charge in [0.15, 0.2) is 0 Å². The summed E-state index contributed by atoms with van der Waals surface area (Å²) in [4.78, 5) is 4.01. The first-order chi connectivity index (χ1) is 8.67. The summed E-state index contributed by atoms with van der Waals surface area (Å²) < 4.78 is 5.29. The molecule has 0 saturated carbocycles. The quantitative estimate of drug-likeness (QED) is 0.788. The van der Waals surface area contributed by atoms with Gasteiger partial charge in [0.1, 0.15) is 0 Å². The highest BCUT2D eigenvalue weighted by molar-refractivity contribution is 6.31. The van der Waals surface area contributed by atoms with Crippen LogP contribution in [0.3, 0.4) is 0 Å². The second kappa shape index (κ2) is 8.46. The Hall–Kier alpha value is -0.640. The topological polar surface area (TPSA) is 34.1 Å². The summed E-state index contributed by atoms with van der Waals surface area (Å²) in [7, 11) is 1.76. The minimum absolute atomic E-state index is 0.305. The van der Waals surface area contributed by atoms with Crippen LogP contribution in [0, 0.1) is 0 Å². The number of nitrogens with zero attached hydrogens (tertiary/aromatic N) is 1. The molecule has 0 aromatic carbocycles. The third kappa shape index (κ3) is 5.34. The van der Waals surface area contributed by atoms with Crippen LogP contribution in [0.2, 0.25) is 5.02 Å². The Morgan fingerprint density at radius 2 is 2.22 bits per heavy atom. The van der Waals surface area contributed by atoms with Crippen LogP contribution >= 0.6 is 11.6 Å². The highest BCUT2D eigenvalue weighted by Gasteiger charge is 2.12. The first-order valence-electron chi connectivity index (χ1n) is 6.51. The van der Waals surface area contributed by atoms with Crippen molar-refractivity contribution in [2.75, 3.05) is 13.7 Å². The predicted octanol–water partition coefficient (Wildman–Crippen LogP) is 3.07. The number of hydrogen-bond donors (Lipinski definition) is 1. The molecule has 2 unspecified atom stereocenters. The van der Waals surface area contributed by atoms with Crippen LogP contribution in [0.4, 0.5) is 0 Å². The fourth-order valence-electron chi connectivity index (χ4n) is 1.95. The predicted molar refractivity (Wildman–Crippen MR) is 76.1 cm³/mol. The van der Waals surface area contributed by atoms with Crippen molar-refractivity contribution in [1.29, 1.82) is 0 Å². The minimum Gasteiger partial charge on any atom is -0.382 e. The van der Waals surface area contributed by atoms with Crippen molar-refractivity contribution in [3.05, 3.63) is 29.0 Å². The summed E-state index contributed by atoms with van der Waals surface area (Å²) in [5, 5.41) is 4.25. The second-order valence-corrected chi connectivity index (χ2v) is 4.96. The minimum atomic E-state index is 0.305. The molecule has 1 rings (SSSR count). The zero-order valence-electron chi connectivity index (χ0n) is 11.4. The molecule has 0 aliphatic heterocycles. The third-order valence-electron chi connectivity index (χ3n) is 3.14. The Kier molecular flexibility index (Phi) is 7.25. The smallest absolute Gasteiger partial charge is 0.0621 e. The Balaban J connectivity index is 2.54. The van der Waals surface area contributed by atoms with Crippen LogP contribution < -0.4 is 5.32 Å². The van der Waals surface area contributed by atoms with Crippen molar-refractivity contribution in [1.82, 2.24) is 10.3 Å². The highest BCUT2D eigenvalue weighted by atomic mass is 35.5. The average molecular weight is 271 g/mol. The Bertz CT molecular complexity index is 346. The maximum atomic E-state index is 6.14. The van der Waals surface area contributed by atoms with E-state index in [1.54, 1.807) is 19.5 Å². The molecule has 18 heavy (non-hydrogen) atoms. The molecule has 0 spiro atoms. The van der Waals surface area contributed by atoms with Gasteiger partial charge >= 0.3 is 0 Å². The van der Waals surface area contributed by atoms with Crippen LogP contribution in [0.1, 0.15) is 32.3 Å². The summed E-state index contributed by atoms with van der Waals surface area (Å²) in [5.74, 6) is 0. The fourth-order valence-corrected chi connectivity index (χ4v) is 2.15. The molecule has 1 N–H and O–H groups in total. The van der Waals surface area contributed by atoms with E-state index in [2.05, 4.69) is 24.1 Å². The van der Waals surface area contributed by atoms with Crippen LogP contribution in [-0.4, -0.2) is 30.8 Å². The summed E-state index contributed by atoms with van der Waals surface area (Å²) >= 11 is 6.14. The first kappa shape index (κ1) is 15.4. The molecule has 0 aliphatic rings. The fraction of sp³-hybridized carbons (Fsp3) is 0.643. The van der Waals surface area contributed by atoms with Crippen LogP contribution in [0.5, 0.6) is 0 Å². The molecule has 2 atom stereocenters. The number of pyridine rings is 1. The molecular weight excluding hydrogens is 248 g/mol. The van der Waals surface area contributed by atoms with E-state index in [1.807, 2.05) is 6.07 Å². The Labute approximate surface area is 115 Å². The highest BCUT2D eigenvalue weighted by Crippen LogP contribution is 2.17. The molecule has 0 fully saturated rings. The van der Waals surface area contributed by atoms with Gasteiger partial charge in [-0.15, -0.1) is 0 Å². The van der Waals surface area contributed by atoms with Crippen LogP contribution in [0.25, 0.3) is 0 Å². The molecule has 4 heteroatoms. The number of methoxy groups -OCH3 is 1. The molecule has 0 aliphatic carbocycles. The number of hydrogen-bond acceptors (Lipinski definition) is 3. The van der Waals surface area contributed by atoms with E-state index >= 15 is 0 Å². The number of halogens is 1. The monoisotopic (exact) mass is 270 g/mol. The largest absolute Gasteiger partial charge is 0.382 e. The van der Waals surface area contributed by atoms with Gasteiger partial charge in [0, 0.05) is 25.5 Å². The van der Waals surface area contributed by atoms with Gasteiger partial charge in [0.25, 0.3) is 0 Å². The van der Waals surface area contributed by atoms with Gasteiger partial charge in [-0.2, -0.15) is 0 Å². The number of rotatable bonds is 8. The van der Waals surface area contributed by atoms with Crippen molar-refractivity contribution in [2.45, 2.75) is 45.3 Å². The lowest BCUT2D eigenvalue weighted by molar-refractivity contribution is 0.106. The molecule has 1 aromatic rings. The van der Waals surface area contributed by atoms with Crippen LogP contribution in [-0.2, 0) is 11.2 Å². The van der Waals surface area contributed by atoms with E-state index in [4.69, 9.17) is 16.3 Å². The van der Waals surface area contributed by atoms with Gasteiger partial charge in [-0.25, -0.2) is 0 Å². The van der Waals surface area contributed by atoms with E-state index in [0.717, 1.165) is 36.4 Å². The number of ether oxygens (including phenoxy) is 1. The molecule has 0 radical (unpaired) electrons. The average Bonchev–Trinajstić information content (AvgIpc) is 2.38. The van der Waals surface area contributed by atoms with Gasteiger partial charge in [0.05, 0.1) is 11.1 Å². The molecule has 3 nitrogen and oxygen atoms in total. The zero-order chi connectivity index (χ0) is 13.4. The molecule has 0 amide bonds. The van der Waals surface area contributed by atoms with Gasteiger partial charge in [-0.3, -0.25) is 4.98 Å². The Morgan fingerprint density at radius 1 is 1.44 bits per heavy atom. The molecule has 0 saturated heterocycles. The standard InChI is InChI=1S/C14H23ClN2O/c1-4-17-13(6-5-11(2)18-3)9-12-7-8-16-10-14(12)15/h7-8,10-11,13,17H,4-6,9H2,1-3H3. The van der Waals surface area contributed by atoms with Gasteiger partial charge in [-0.1, -0.05) is 18.5 Å². The third-order valence-corrected chi connectivity index (χ3v) is 3.48. The number of nitrogens with one attached hydrogen (secondary N) is 1. The number of likely N-dealkylation sites (N-methyl/N-ethyl adjacent to an activating group) is 1. The van der Waals surface area contributed by atoms with Crippen molar-refractivity contribution in [3.63, 3.8) is 0 Å². The van der Waals surface area contributed by atoms with E-state index in [-0.39, 0.29) is 0 Å². The van der Waals surface area contributed by atoms with Crippen molar-refractivity contribution in [2.24, 2.45) is 0 Å². The Morgan fingerprint density at radius 3 is 2.83 bits per heavy atom. The van der Waals surface area contributed by atoms with E-state index in [0.29, 0.717) is 12.1 Å². The lowest BCUT2D eigenvalue weighted by Crippen LogP contribution is -2.32. The number of aromatic nitrogens is 1. The maximum Gasteiger partial charge on any atom is 0.0621 e. The second-order valence-electron chi connectivity index (χ2n) is 4.55. The van der Waals surface area contributed by atoms with E-state index in [1.165, 1.54) is 0 Å². The first-order valence-corrected chi connectivity index (χ1v) is 6.89. The van der Waals surface area contributed by atoms with Gasteiger partial charge in [0.2, 0.25) is 0 Å². The van der Waals surface area contributed by atoms with Crippen molar-refractivity contribution in [3.8, 4) is 0 Å². The summed E-state index contributed by atoms with van der Waals surface area (Å²) in [6, 6.07) is 2.43. The van der Waals surface area contributed by atoms with Gasteiger partial charge < -0.3 is 10.1 Å². The van der Waals surface area contributed by atoms with Crippen LogP contribution in [0.15, 0.2) is 18.5 Å². The summed E-state index contributed by atoms with van der Waals surface area (Å²) in [6.45, 7) is 5.19. The van der Waals surface area contributed by atoms with Crippen molar-refractivity contribution < 1.29 is 4.74 Å². The zero-order valence-corrected chi connectivity index (χ0v) is 12.2. The summed E-state index contributed by atoms with van der Waals surface area (Å²) in [5.41, 5.74) is 1.16. The van der Waals surface area contributed by atoms with Crippen molar-refractivity contribution >= 4 is 11.6 Å². The molecular formula is C14H23ClN2O. The lowest BCUT2D eigenvalue weighted by Gasteiger charge is -2.20. The molecule has 0 bridgehead atoms.